The molecule has 2 aliphatic rings. The van der Waals surface area contributed by atoms with Gasteiger partial charge >= 0.3 is 0 Å². The highest BCUT2D eigenvalue weighted by Crippen LogP contribution is 2.52. The number of nitrogens with zero attached hydrogens (tertiary/aromatic N) is 2. The van der Waals surface area contributed by atoms with Gasteiger partial charge in [-0.1, -0.05) is 30.3 Å². The zero-order chi connectivity index (χ0) is 34.0. The van der Waals surface area contributed by atoms with E-state index >= 15 is 0 Å². The first kappa shape index (κ1) is 33.5. The number of amides is 1. The first-order valence-electron chi connectivity index (χ1n) is 15.2. The van der Waals surface area contributed by atoms with E-state index in [4.69, 9.17) is 33.2 Å². The van der Waals surface area contributed by atoms with Gasteiger partial charge in [0, 0.05) is 28.7 Å². The van der Waals surface area contributed by atoms with Crippen LogP contribution in [-0.4, -0.2) is 89.1 Å². The molecule has 2 aliphatic heterocycles. The predicted octanol–water partition coefficient (Wildman–Crippen LogP) is 5.00. The highest BCUT2D eigenvalue weighted by Gasteiger charge is 2.45. The summed E-state index contributed by atoms with van der Waals surface area (Å²) in [5.74, 6) is 2.59. The first-order chi connectivity index (χ1) is 22.7. The average molecular weight is 648 g/mol. The number of fused-ring (bicyclic) bond motifs is 2. The van der Waals surface area contributed by atoms with Crippen LogP contribution in [0, 0.1) is 13.8 Å². The maximum absolute atomic E-state index is 14.8. The van der Waals surface area contributed by atoms with Gasteiger partial charge in [0.05, 0.1) is 79.2 Å². The van der Waals surface area contributed by atoms with Gasteiger partial charge in [0.15, 0.2) is 29.2 Å². The van der Waals surface area contributed by atoms with Crippen LogP contribution in [0.5, 0.6) is 34.5 Å². The fourth-order valence-corrected chi connectivity index (χ4v) is 6.77. The van der Waals surface area contributed by atoms with Gasteiger partial charge in [-0.15, -0.1) is 0 Å². The Morgan fingerprint density at radius 2 is 1.40 bits per heavy atom. The molecule has 0 fully saturated rings. The van der Waals surface area contributed by atoms with Gasteiger partial charge in [0.1, 0.15) is 24.3 Å². The van der Waals surface area contributed by atoms with Crippen LogP contribution in [0.4, 0.5) is 0 Å². The van der Waals surface area contributed by atoms with Gasteiger partial charge in [-0.05, 0) is 19.4 Å². The number of aliphatic hydroxyl groups excluding tert-OH is 1. The largest absolute Gasteiger partial charge is 0.506 e. The third-order valence-electron chi connectivity index (χ3n) is 8.92. The summed E-state index contributed by atoms with van der Waals surface area (Å²) in [6.45, 7) is 4.13. The number of likely N-dealkylation sites (N-methyl/N-ethyl adjacent to an activating group) is 1. The summed E-state index contributed by atoms with van der Waals surface area (Å²) in [5, 5.41) is 11.6. The highest BCUT2D eigenvalue weighted by molar-refractivity contribution is 5.92. The molecule has 47 heavy (non-hydrogen) atoms. The molecular formula is C36H43N2O9+. The van der Waals surface area contributed by atoms with Crippen molar-refractivity contribution in [2.45, 2.75) is 39.0 Å². The van der Waals surface area contributed by atoms with Crippen LogP contribution in [0.15, 0.2) is 36.5 Å². The predicted molar refractivity (Wildman–Crippen MR) is 177 cm³/mol. The number of rotatable bonds is 11. The summed E-state index contributed by atoms with van der Waals surface area (Å²) in [5.41, 5.74) is 4.94. The number of benzene rings is 3. The van der Waals surface area contributed by atoms with Crippen LogP contribution in [0.2, 0.25) is 0 Å². The Bertz CT molecular complexity index is 1730. The molecule has 0 spiro atoms. The van der Waals surface area contributed by atoms with Gasteiger partial charge in [-0.2, -0.15) is 0 Å². The molecule has 0 bridgehead atoms. The monoisotopic (exact) mass is 647 g/mol. The smallest absolute Gasteiger partial charge is 0.296 e. The van der Waals surface area contributed by atoms with Crippen LogP contribution in [0.1, 0.15) is 45.0 Å². The van der Waals surface area contributed by atoms with Crippen LogP contribution < -0.4 is 28.4 Å². The number of hydrogen-bond acceptors (Lipinski definition) is 9. The number of ether oxygens (including phenoxy) is 7. The number of hydrogen-bond donors (Lipinski definition) is 1. The molecule has 11 nitrogen and oxygen atoms in total. The molecule has 0 saturated heterocycles. The highest BCUT2D eigenvalue weighted by atomic mass is 16.5. The maximum atomic E-state index is 14.8. The second-order valence-electron chi connectivity index (χ2n) is 11.4. The Kier molecular flexibility index (Phi) is 9.85. The van der Waals surface area contributed by atoms with E-state index in [2.05, 4.69) is 0 Å². The second kappa shape index (κ2) is 13.8. The Labute approximate surface area is 275 Å². The molecule has 0 aromatic heterocycles. The molecule has 1 N–H and O–H groups in total. The van der Waals surface area contributed by atoms with Gasteiger partial charge < -0.3 is 38.3 Å². The molecule has 11 heteroatoms. The number of methoxy groups -OCH3 is 6. The molecule has 0 radical (unpaired) electrons. The van der Waals surface area contributed by atoms with Crippen molar-refractivity contribution in [3.8, 4) is 34.5 Å². The zero-order valence-corrected chi connectivity index (χ0v) is 28.4. The molecule has 5 rings (SSSR count). The Morgan fingerprint density at radius 3 is 2.00 bits per heavy atom. The fourth-order valence-electron chi connectivity index (χ4n) is 6.77. The molecule has 250 valence electrons. The Morgan fingerprint density at radius 1 is 0.830 bits per heavy atom. The van der Waals surface area contributed by atoms with Gasteiger partial charge in [0.25, 0.3) is 5.91 Å². The van der Waals surface area contributed by atoms with E-state index in [1.54, 1.807) is 28.4 Å². The number of aliphatic hydroxyl groups is 1. The van der Waals surface area contributed by atoms with E-state index in [1.807, 2.05) is 62.0 Å². The molecule has 3 aromatic carbocycles. The summed E-state index contributed by atoms with van der Waals surface area (Å²) in [6.07, 6.45) is 3.62. The molecule has 0 aliphatic carbocycles. The van der Waals surface area contributed by atoms with Crippen LogP contribution >= 0.6 is 0 Å². The Hall–Kier alpha value is -4.90. The molecule has 2 heterocycles. The fraction of sp³-hybridized carbons (Fsp3) is 0.389. The van der Waals surface area contributed by atoms with Crippen molar-refractivity contribution in [3.63, 3.8) is 0 Å². The Balaban J connectivity index is 1.63. The number of carbonyl (C=O) groups is 1. The van der Waals surface area contributed by atoms with E-state index < -0.39 is 12.1 Å². The van der Waals surface area contributed by atoms with Gasteiger partial charge in [-0.25, -0.2) is 4.58 Å². The van der Waals surface area contributed by atoms with Gasteiger partial charge in [0.2, 0.25) is 6.04 Å². The van der Waals surface area contributed by atoms with Crippen molar-refractivity contribution in [3.05, 3.63) is 75.5 Å². The van der Waals surface area contributed by atoms with E-state index in [-0.39, 0.29) is 18.3 Å². The minimum Gasteiger partial charge on any atom is -0.506 e. The van der Waals surface area contributed by atoms with Crippen molar-refractivity contribution in [1.29, 1.82) is 0 Å². The quantitative estimate of drug-likeness (QED) is 0.288. The van der Waals surface area contributed by atoms with Crippen LogP contribution in [0.3, 0.4) is 0 Å². The van der Waals surface area contributed by atoms with E-state index in [1.165, 1.54) is 25.3 Å². The minimum absolute atomic E-state index is 0.0906. The third-order valence-corrected chi connectivity index (χ3v) is 8.92. The first-order valence-corrected chi connectivity index (χ1v) is 15.2. The van der Waals surface area contributed by atoms with Gasteiger partial charge in [-0.3, -0.25) is 9.69 Å². The lowest BCUT2D eigenvalue weighted by molar-refractivity contribution is -0.521. The summed E-state index contributed by atoms with van der Waals surface area (Å²) in [6, 6.07) is 8.40. The van der Waals surface area contributed by atoms with Crippen molar-refractivity contribution >= 4 is 17.9 Å². The van der Waals surface area contributed by atoms with E-state index in [0.717, 1.165) is 22.3 Å². The lowest BCUT2D eigenvalue weighted by Crippen LogP contribution is -2.48. The molecule has 1 amide bonds. The minimum atomic E-state index is -0.709. The van der Waals surface area contributed by atoms with Crippen molar-refractivity contribution < 1.29 is 47.6 Å². The van der Waals surface area contributed by atoms with E-state index in [0.29, 0.717) is 64.2 Å². The molecule has 2 atom stereocenters. The molecule has 0 unspecified atom stereocenters. The summed E-state index contributed by atoms with van der Waals surface area (Å²) < 4.78 is 42.9. The lowest BCUT2D eigenvalue weighted by atomic mass is 9.88. The summed E-state index contributed by atoms with van der Waals surface area (Å²) >= 11 is 0. The standard InChI is InChI=1S/C36H42N2O9/c1-20-30(41-4)23-15-25(37(3)16-24(23)34(45-8)32(20)43-6)36(40)38-17-27(39)29-28(26(38)19-47-18-22-13-11-10-12-14-22)35(46-9)33(44-7)21(2)31(29)42-5/h10-14,16-17,25-26H,15,18-19H2,1-9H3/p+1/t25-,26-/m0/s1. The van der Waals surface area contributed by atoms with E-state index in [9.17, 15) is 9.90 Å². The zero-order valence-electron chi connectivity index (χ0n) is 28.4. The van der Waals surface area contributed by atoms with Crippen LogP contribution in [-0.2, 0) is 22.6 Å². The van der Waals surface area contributed by atoms with Crippen molar-refractivity contribution in [1.82, 2.24) is 4.90 Å². The molecule has 3 aromatic rings. The third kappa shape index (κ3) is 5.69. The molecule has 0 saturated carbocycles. The van der Waals surface area contributed by atoms with Crippen molar-refractivity contribution in [2.75, 3.05) is 56.3 Å². The topological polar surface area (TPSA) is 108 Å². The maximum Gasteiger partial charge on any atom is 0.296 e. The summed E-state index contributed by atoms with van der Waals surface area (Å²) in [7, 11) is 11.2. The lowest BCUT2D eigenvalue weighted by Gasteiger charge is -2.37. The SMILES string of the molecule is COc1c(C)c(OC)c(OC)c2c1C[C@@H](C(=O)N1C=C(O)c3c(OC)c(C)c(OC)c(OC)c3[C@@H]1COCc1ccccc1)[N+](C)=C2. The van der Waals surface area contributed by atoms with Crippen molar-refractivity contribution in [2.24, 2.45) is 0 Å². The molecular weight excluding hydrogens is 604 g/mol. The second-order valence-corrected chi connectivity index (χ2v) is 11.4. The average Bonchev–Trinajstić information content (AvgIpc) is 3.08. The summed E-state index contributed by atoms with van der Waals surface area (Å²) in [4.78, 5) is 16.3. The number of carbonyl (C=O) groups excluding carboxylic acids is 1. The normalized spacial score (nSPS) is 16.7. The van der Waals surface area contributed by atoms with Crippen LogP contribution in [0.25, 0.3) is 5.76 Å².